The Morgan fingerprint density at radius 3 is 2.57 bits per heavy atom. The summed E-state index contributed by atoms with van der Waals surface area (Å²) in [5.74, 6) is 0.804. The second-order valence-electron chi connectivity index (χ2n) is 5.67. The molecule has 0 saturated carbocycles. The zero-order valence-electron chi connectivity index (χ0n) is 13.5. The van der Waals surface area contributed by atoms with E-state index in [1.165, 1.54) is 0 Å². The molecule has 0 amide bonds. The quantitative estimate of drug-likeness (QED) is 0.721. The van der Waals surface area contributed by atoms with E-state index in [9.17, 15) is 4.79 Å². The predicted octanol–water partition coefficient (Wildman–Crippen LogP) is 3.29. The van der Waals surface area contributed by atoms with E-state index in [1.807, 2.05) is 14.0 Å². The SMILES string of the molecule is CCCC(CCN)CCC(=O)Cc1c(Cl)c(CC)nn1C. The summed E-state index contributed by atoms with van der Waals surface area (Å²) in [6.45, 7) is 4.89. The predicted molar refractivity (Wildman–Crippen MR) is 87.6 cm³/mol. The number of aryl methyl sites for hydroxylation is 2. The Morgan fingerprint density at radius 1 is 1.33 bits per heavy atom. The van der Waals surface area contributed by atoms with E-state index in [1.54, 1.807) is 4.68 Å². The molecule has 5 heteroatoms. The Kier molecular flexibility index (Phi) is 7.97. The second-order valence-corrected chi connectivity index (χ2v) is 6.05. The lowest BCUT2D eigenvalue weighted by molar-refractivity contribution is -0.118. The Balaban J connectivity index is 2.55. The lowest BCUT2D eigenvalue weighted by Crippen LogP contribution is -2.13. The van der Waals surface area contributed by atoms with Gasteiger partial charge in [-0.25, -0.2) is 0 Å². The van der Waals surface area contributed by atoms with Gasteiger partial charge in [-0.2, -0.15) is 5.10 Å². The summed E-state index contributed by atoms with van der Waals surface area (Å²) >= 11 is 6.28. The Bertz CT molecular complexity index is 451. The van der Waals surface area contributed by atoms with E-state index in [4.69, 9.17) is 17.3 Å². The van der Waals surface area contributed by atoms with Gasteiger partial charge in [-0.15, -0.1) is 0 Å². The summed E-state index contributed by atoms with van der Waals surface area (Å²) in [6, 6.07) is 0. The third-order valence-electron chi connectivity index (χ3n) is 3.97. The molecule has 0 aliphatic heterocycles. The van der Waals surface area contributed by atoms with Crippen LogP contribution in [0.2, 0.25) is 5.02 Å². The van der Waals surface area contributed by atoms with Gasteiger partial charge >= 0.3 is 0 Å². The number of ketones is 1. The molecule has 120 valence electrons. The van der Waals surface area contributed by atoms with Crippen molar-refractivity contribution in [2.45, 2.75) is 58.8 Å². The van der Waals surface area contributed by atoms with Gasteiger partial charge in [0.05, 0.1) is 16.4 Å². The molecule has 0 saturated heterocycles. The van der Waals surface area contributed by atoms with E-state index in [0.29, 0.717) is 30.3 Å². The fourth-order valence-corrected chi connectivity index (χ4v) is 3.09. The second kappa shape index (κ2) is 9.21. The maximum atomic E-state index is 12.2. The van der Waals surface area contributed by atoms with E-state index in [0.717, 1.165) is 43.5 Å². The molecule has 0 aromatic carbocycles. The van der Waals surface area contributed by atoms with Crippen LogP contribution < -0.4 is 5.73 Å². The minimum absolute atomic E-state index is 0.237. The minimum atomic E-state index is 0.237. The molecule has 1 aromatic rings. The van der Waals surface area contributed by atoms with Gasteiger partial charge in [-0.1, -0.05) is 38.3 Å². The number of rotatable bonds is 10. The van der Waals surface area contributed by atoms with Crippen LogP contribution in [0.4, 0.5) is 0 Å². The number of Topliss-reactive ketones (excluding diaryl/α,β-unsaturated/α-hetero) is 1. The van der Waals surface area contributed by atoms with Gasteiger partial charge in [-0.3, -0.25) is 9.48 Å². The topological polar surface area (TPSA) is 60.9 Å². The Labute approximate surface area is 133 Å². The van der Waals surface area contributed by atoms with E-state index in [2.05, 4.69) is 12.0 Å². The molecule has 21 heavy (non-hydrogen) atoms. The first-order chi connectivity index (χ1) is 10.0. The first kappa shape index (κ1) is 18.2. The van der Waals surface area contributed by atoms with Crippen molar-refractivity contribution in [1.29, 1.82) is 0 Å². The van der Waals surface area contributed by atoms with Crippen molar-refractivity contribution in [2.24, 2.45) is 18.7 Å². The highest BCUT2D eigenvalue weighted by Crippen LogP contribution is 2.23. The molecular formula is C16H28ClN3O. The summed E-state index contributed by atoms with van der Waals surface area (Å²) in [5.41, 5.74) is 7.34. The highest BCUT2D eigenvalue weighted by atomic mass is 35.5. The van der Waals surface area contributed by atoms with E-state index >= 15 is 0 Å². The van der Waals surface area contributed by atoms with Crippen LogP contribution in [-0.2, 0) is 24.7 Å². The lowest BCUT2D eigenvalue weighted by atomic mass is 9.93. The highest BCUT2D eigenvalue weighted by molar-refractivity contribution is 6.32. The van der Waals surface area contributed by atoms with Gasteiger partial charge in [0.1, 0.15) is 5.78 Å². The number of aromatic nitrogens is 2. The molecule has 0 aliphatic carbocycles. The van der Waals surface area contributed by atoms with Crippen molar-refractivity contribution in [3.05, 3.63) is 16.4 Å². The van der Waals surface area contributed by atoms with Crippen molar-refractivity contribution in [3.8, 4) is 0 Å². The molecule has 0 bridgehead atoms. The summed E-state index contributed by atoms with van der Waals surface area (Å²) in [5, 5.41) is 5.00. The van der Waals surface area contributed by atoms with Crippen LogP contribution in [-0.4, -0.2) is 22.1 Å². The number of carbonyl (C=O) groups is 1. The van der Waals surface area contributed by atoms with Crippen molar-refractivity contribution in [1.82, 2.24) is 9.78 Å². The van der Waals surface area contributed by atoms with Crippen LogP contribution in [0.1, 0.15) is 57.3 Å². The zero-order chi connectivity index (χ0) is 15.8. The minimum Gasteiger partial charge on any atom is -0.330 e. The molecule has 2 N–H and O–H groups in total. The van der Waals surface area contributed by atoms with Gasteiger partial charge in [0.15, 0.2) is 0 Å². The molecule has 0 spiro atoms. The van der Waals surface area contributed by atoms with Crippen LogP contribution in [0, 0.1) is 5.92 Å². The molecule has 1 heterocycles. The molecule has 0 radical (unpaired) electrons. The van der Waals surface area contributed by atoms with Gasteiger partial charge in [-0.05, 0) is 31.7 Å². The first-order valence-electron chi connectivity index (χ1n) is 7.95. The smallest absolute Gasteiger partial charge is 0.138 e. The van der Waals surface area contributed by atoms with Crippen molar-refractivity contribution >= 4 is 17.4 Å². The van der Waals surface area contributed by atoms with Crippen LogP contribution in [0.5, 0.6) is 0 Å². The molecule has 4 nitrogen and oxygen atoms in total. The summed E-state index contributed by atoms with van der Waals surface area (Å²) in [6.07, 6.45) is 6.00. The van der Waals surface area contributed by atoms with Gasteiger partial charge in [0.2, 0.25) is 0 Å². The van der Waals surface area contributed by atoms with Gasteiger partial charge < -0.3 is 5.73 Å². The standard InChI is InChI=1S/C16H28ClN3O/c1-4-6-12(9-10-18)7-8-13(21)11-15-16(17)14(5-2)19-20(15)3/h12H,4-11,18H2,1-3H3. The molecule has 1 unspecified atom stereocenters. The van der Waals surface area contributed by atoms with Crippen LogP contribution in [0.25, 0.3) is 0 Å². The van der Waals surface area contributed by atoms with Crippen LogP contribution >= 0.6 is 11.6 Å². The third-order valence-corrected chi connectivity index (χ3v) is 4.41. The summed E-state index contributed by atoms with van der Waals surface area (Å²) < 4.78 is 1.74. The lowest BCUT2D eigenvalue weighted by Gasteiger charge is -2.14. The number of hydrogen-bond acceptors (Lipinski definition) is 3. The number of hydrogen-bond donors (Lipinski definition) is 1. The Morgan fingerprint density at radius 2 is 2.05 bits per heavy atom. The molecule has 0 fully saturated rings. The number of carbonyl (C=O) groups excluding carboxylic acids is 1. The van der Waals surface area contributed by atoms with Crippen LogP contribution in [0.15, 0.2) is 0 Å². The molecule has 0 aliphatic rings. The van der Waals surface area contributed by atoms with Crippen molar-refractivity contribution < 1.29 is 4.79 Å². The first-order valence-corrected chi connectivity index (χ1v) is 8.33. The Hall–Kier alpha value is -0.870. The zero-order valence-corrected chi connectivity index (χ0v) is 14.2. The molecule has 1 atom stereocenters. The summed E-state index contributed by atoms with van der Waals surface area (Å²) in [4.78, 5) is 12.2. The maximum absolute atomic E-state index is 12.2. The molecule has 1 aromatic heterocycles. The van der Waals surface area contributed by atoms with E-state index in [-0.39, 0.29) is 5.78 Å². The van der Waals surface area contributed by atoms with Crippen molar-refractivity contribution in [3.63, 3.8) is 0 Å². The summed E-state index contributed by atoms with van der Waals surface area (Å²) in [7, 11) is 1.85. The average Bonchev–Trinajstić information content (AvgIpc) is 2.72. The largest absolute Gasteiger partial charge is 0.330 e. The number of nitrogens with zero attached hydrogens (tertiary/aromatic N) is 2. The number of nitrogens with two attached hydrogens (primary N) is 1. The average molecular weight is 314 g/mol. The monoisotopic (exact) mass is 313 g/mol. The van der Waals surface area contributed by atoms with E-state index < -0.39 is 0 Å². The highest BCUT2D eigenvalue weighted by Gasteiger charge is 2.17. The van der Waals surface area contributed by atoms with Gasteiger partial charge in [0.25, 0.3) is 0 Å². The number of halogens is 1. The normalized spacial score (nSPS) is 12.6. The molecular weight excluding hydrogens is 286 g/mol. The van der Waals surface area contributed by atoms with Gasteiger partial charge in [0, 0.05) is 19.9 Å². The van der Waals surface area contributed by atoms with Crippen LogP contribution in [0.3, 0.4) is 0 Å². The maximum Gasteiger partial charge on any atom is 0.138 e. The fourth-order valence-electron chi connectivity index (χ4n) is 2.73. The fraction of sp³-hybridized carbons (Fsp3) is 0.750. The third kappa shape index (κ3) is 5.44. The molecule has 1 rings (SSSR count). The van der Waals surface area contributed by atoms with Crippen molar-refractivity contribution in [2.75, 3.05) is 6.54 Å².